The molecule has 2 aromatic rings. The van der Waals surface area contributed by atoms with Gasteiger partial charge in [-0.15, -0.1) is 11.3 Å². The Bertz CT molecular complexity index is 1440. The van der Waals surface area contributed by atoms with Gasteiger partial charge in [0.1, 0.15) is 10.4 Å². The summed E-state index contributed by atoms with van der Waals surface area (Å²) in [6.07, 6.45) is -3.35. The lowest BCUT2D eigenvalue weighted by Crippen LogP contribution is -2.48. The maximum absolute atomic E-state index is 13.6. The zero-order valence-corrected chi connectivity index (χ0v) is 25.1. The second-order valence-electron chi connectivity index (χ2n) is 11.8. The summed E-state index contributed by atoms with van der Waals surface area (Å²) in [7, 11) is 0. The van der Waals surface area contributed by atoms with Gasteiger partial charge in [0.25, 0.3) is 11.5 Å². The summed E-state index contributed by atoms with van der Waals surface area (Å²) < 4.78 is 52.0. The van der Waals surface area contributed by atoms with Crippen LogP contribution in [0, 0.1) is 12.3 Å². The Morgan fingerprint density at radius 3 is 2.37 bits per heavy atom. The highest BCUT2D eigenvalue weighted by molar-refractivity contribution is 7.18. The van der Waals surface area contributed by atoms with Crippen LogP contribution in [0.5, 0.6) is 0 Å². The number of aryl methyl sites for hydroxylation is 2. The van der Waals surface area contributed by atoms with E-state index < -0.39 is 54.0 Å². The van der Waals surface area contributed by atoms with E-state index in [1.165, 1.54) is 0 Å². The molecule has 0 aliphatic heterocycles. The van der Waals surface area contributed by atoms with Crippen molar-refractivity contribution < 1.29 is 32.2 Å². The first kappa shape index (κ1) is 32.2. The molecule has 3 rings (SSSR count). The molecule has 0 unspecified atom stereocenters. The predicted molar refractivity (Wildman–Crippen MR) is 148 cm³/mol. The van der Waals surface area contributed by atoms with Crippen LogP contribution in [0.15, 0.2) is 21.9 Å². The molecular formula is C27H37F3N4O6S. The topological polar surface area (TPSA) is 112 Å². The molecule has 0 saturated heterocycles. The minimum Gasteiger partial charge on any atom is -0.501 e. The number of thiophene rings is 1. The zero-order chi connectivity index (χ0) is 30.9. The van der Waals surface area contributed by atoms with E-state index in [-0.39, 0.29) is 22.2 Å². The lowest BCUT2D eigenvalue weighted by molar-refractivity contribution is -0.136. The van der Waals surface area contributed by atoms with Crippen LogP contribution >= 0.6 is 11.3 Å². The van der Waals surface area contributed by atoms with Gasteiger partial charge in [0.15, 0.2) is 0 Å². The Morgan fingerprint density at radius 1 is 1.20 bits per heavy atom. The van der Waals surface area contributed by atoms with Gasteiger partial charge in [0.05, 0.1) is 31.2 Å². The molecule has 1 fully saturated rings. The largest absolute Gasteiger partial charge is 0.501 e. The molecule has 0 bridgehead atoms. The molecule has 0 atom stereocenters. The minimum atomic E-state index is -4.52. The monoisotopic (exact) mass is 602 g/mol. The molecule has 14 heteroatoms. The molecule has 0 radical (unpaired) electrons. The number of fused-ring (bicyclic) bond motifs is 1. The summed E-state index contributed by atoms with van der Waals surface area (Å²) in [5.74, 6) is -0.676. The summed E-state index contributed by atoms with van der Waals surface area (Å²) in [5, 5.41) is 1.07. The standard InChI is InChI=1S/C27H37F3N4O6S/c1-8-39-12-9-19(35)33(31-23(37)40-25(3,4)5)15-18-16(2)20-21(36)34(17-13-26(6,7)14-17)24(38)32(22(20)41-18)11-10-27(28,29)30/h9,12,17H,8,10-11,13-15H2,1-7H3,(H,31,37). The van der Waals surface area contributed by atoms with E-state index in [2.05, 4.69) is 5.43 Å². The highest BCUT2D eigenvalue weighted by Crippen LogP contribution is 2.47. The number of hydrazine groups is 1. The van der Waals surface area contributed by atoms with Gasteiger partial charge < -0.3 is 9.47 Å². The van der Waals surface area contributed by atoms with E-state index in [4.69, 9.17) is 9.47 Å². The fraction of sp³-hybridized carbons (Fsp3) is 0.630. The third-order valence-corrected chi connectivity index (χ3v) is 7.87. The van der Waals surface area contributed by atoms with Crippen molar-refractivity contribution in [1.29, 1.82) is 0 Å². The highest BCUT2D eigenvalue weighted by Gasteiger charge is 2.40. The van der Waals surface area contributed by atoms with E-state index in [1.54, 1.807) is 34.6 Å². The SMILES string of the molecule is CCOC=CC(=O)N(Cc1sc2c(c1C)c(=O)n(C1CC(C)(C)C1)c(=O)n2CCC(F)(F)F)NC(=O)OC(C)(C)C. The van der Waals surface area contributed by atoms with Crippen LogP contribution in [0.1, 0.15) is 77.3 Å². The van der Waals surface area contributed by atoms with Crippen LogP contribution in [0.4, 0.5) is 18.0 Å². The molecule has 1 aliphatic carbocycles. The average Bonchev–Trinajstić information content (AvgIpc) is 3.11. The molecule has 10 nitrogen and oxygen atoms in total. The van der Waals surface area contributed by atoms with Crippen molar-refractivity contribution in [3.8, 4) is 0 Å². The van der Waals surface area contributed by atoms with Gasteiger partial charge in [-0.1, -0.05) is 13.8 Å². The van der Waals surface area contributed by atoms with Gasteiger partial charge in [0.2, 0.25) is 0 Å². The molecule has 2 heterocycles. The Kier molecular flexibility index (Phi) is 9.36. The molecule has 1 saturated carbocycles. The summed E-state index contributed by atoms with van der Waals surface area (Å²) in [4.78, 5) is 53.0. The number of ether oxygens (including phenoxy) is 2. The number of halogens is 3. The molecule has 2 aromatic heterocycles. The first-order valence-corrected chi connectivity index (χ1v) is 14.1. The minimum absolute atomic E-state index is 0.0844. The summed E-state index contributed by atoms with van der Waals surface area (Å²) in [5.41, 5.74) is 0.461. The predicted octanol–water partition coefficient (Wildman–Crippen LogP) is 5.17. The van der Waals surface area contributed by atoms with Crippen LogP contribution < -0.4 is 16.7 Å². The van der Waals surface area contributed by atoms with Crippen molar-refractivity contribution in [2.24, 2.45) is 5.41 Å². The van der Waals surface area contributed by atoms with E-state index in [0.29, 0.717) is 29.9 Å². The summed E-state index contributed by atoms with van der Waals surface area (Å²) >= 11 is 0.931. The van der Waals surface area contributed by atoms with Crippen LogP contribution in [-0.4, -0.2) is 44.5 Å². The Morgan fingerprint density at radius 2 is 1.83 bits per heavy atom. The number of aromatic nitrogens is 2. The van der Waals surface area contributed by atoms with Crippen molar-refractivity contribution >= 4 is 33.6 Å². The third kappa shape index (κ3) is 7.92. The molecular weight excluding hydrogens is 565 g/mol. The molecule has 0 spiro atoms. The number of hydrogen-bond acceptors (Lipinski definition) is 7. The normalized spacial score (nSPS) is 15.7. The second-order valence-corrected chi connectivity index (χ2v) is 12.9. The van der Waals surface area contributed by atoms with E-state index in [0.717, 1.165) is 37.8 Å². The van der Waals surface area contributed by atoms with E-state index in [1.807, 2.05) is 13.8 Å². The number of nitrogens with zero attached hydrogens (tertiary/aromatic N) is 3. The number of alkyl halides is 3. The smallest absolute Gasteiger partial charge is 0.426 e. The van der Waals surface area contributed by atoms with Crippen molar-refractivity contribution in [3.63, 3.8) is 0 Å². The fourth-order valence-corrected chi connectivity index (χ4v) is 6.04. The number of carbonyl (C=O) groups is 2. The van der Waals surface area contributed by atoms with Crippen molar-refractivity contribution in [3.05, 3.63) is 43.6 Å². The average molecular weight is 603 g/mol. The zero-order valence-electron chi connectivity index (χ0n) is 24.3. The van der Waals surface area contributed by atoms with Crippen LogP contribution in [-0.2, 0) is 27.4 Å². The molecule has 1 aliphatic rings. The second kappa shape index (κ2) is 11.9. The van der Waals surface area contributed by atoms with Gasteiger partial charge in [-0.25, -0.2) is 20.0 Å². The maximum atomic E-state index is 13.6. The lowest BCUT2D eigenvalue weighted by Gasteiger charge is -2.43. The molecule has 1 N–H and O–H groups in total. The Balaban J connectivity index is 2.11. The van der Waals surface area contributed by atoms with Crippen molar-refractivity contribution in [2.75, 3.05) is 6.61 Å². The van der Waals surface area contributed by atoms with Crippen molar-refractivity contribution in [1.82, 2.24) is 19.6 Å². The van der Waals surface area contributed by atoms with Gasteiger partial charge >= 0.3 is 18.0 Å². The number of carbonyl (C=O) groups excluding carboxylic acids is 2. The van der Waals surface area contributed by atoms with Gasteiger partial charge in [-0.3, -0.25) is 18.7 Å². The number of hydrogen-bond donors (Lipinski definition) is 1. The quantitative estimate of drug-likeness (QED) is 0.254. The van der Waals surface area contributed by atoms with Gasteiger partial charge in [0, 0.05) is 23.5 Å². The van der Waals surface area contributed by atoms with Crippen LogP contribution in [0.2, 0.25) is 0 Å². The Labute approximate surface area is 239 Å². The number of rotatable bonds is 8. The van der Waals surface area contributed by atoms with Crippen molar-refractivity contribution in [2.45, 2.75) is 98.6 Å². The third-order valence-electron chi connectivity index (χ3n) is 6.57. The van der Waals surface area contributed by atoms with Crippen LogP contribution in [0.25, 0.3) is 10.2 Å². The fourth-order valence-electron chi connectivity index (χ4n) is 4.74. The lowest BCUT2D eigenvalue weighted by atomic mass is 9.68. The van der Waals surface area contributed by atoms with E-state index >= 15 is 0 Å². The van der Waals surface area contributed by atoms with Gasteiger partial charge in [-0.05, 0) is 58.4 Å². The summed E-state index contributed by atoms with van der Waals surface area (Å²) in [6.45, 7) is 11.7. The number of nitrogens with one attached hydrogen (secondary N) is 1. The first-order chi connectivity index (χ1) is 18.8. The molecule has 0 aromatic carbocycles. The highest BCUT2D eigenvalue weighted by atomic mass is 32.1. The molecule has 41 heavy (non-hydrogen) atoms. The summed E-state index contributed by atoms with van der Waals surface area (Å²) in [6, 6.07) is -0.426. The van der Waals surface area contributed by atoms with Crippen LogP contribution in [0.3, 0.4) is 0 Å². The molecule has 2 amide bonds. The number of amides is 2. The Hall–Kier alpha value is -3.29. The molecule has 228 valence electrons. The van der Waals surface area contributed by atoms with Gasteiger partial charge in [-0.2, -0.15) is 13.2 Å². The van der Waals surface area contributed by atoms with E-state index in [9.17, 15) is 32.3 Å². The maximum Gasteiger partial charge on any atom is 0.426 e. The first-order valence-electron chi connectivity index (χ1n) is 13.3.